The molecule has 0 aliphatic rings. The molecule has 7 heteroatoms. The Labute approximate surface area is 201 Å². The third-order valence-corrected chi connectivity index (χ3v) is 5.75. The maximum Gasteiger partial charge on any atom is 0.293 e. The van der Waals surface area contributed by atoms with E-state index in [0.717, 1.165) is 16.7 Å². The van der Waals surface area contributed by atoms with Crippen LogP contribution >= 0.6 is 23.4 Å². The molecule has 0 amide bonds. The summed E-state index contributed by atoms with van der Waals surface area (Å²) in [5.41, 5.74) is 2.49. The van der Waals surface area contributed by atoms with Gasteiger partial charge in [0.1, 0.15) is 0 Å². The molecule has 5 nitrogen and oxygen atoms in total. The van der Waals surface area contributed by atoms with Crippen molar-refractivity contribution in [3.05, 3.63) is 99.5 Å². The van der Waals surface area contributed by atoms with Crippen molar-refractivity contribution < 1.29 is 0 Å². The first-order chi connectivity index (χ1) is 15.3. The van der Waals surface area contributed by atoms with Crippen molar-refractivity contribution in [2.45, 2.75) is 53.3 Å². The van der Waals surface area contributed by atoms with E-state index in [0.29, 0.717) is 23.8 Å². The van der Waals surface area contributed by atoms with E-state index in [4.69, 9.17) is 22.4 Å². The molecular formula is C25H35ClN4OS. The minimum Gasteiger partial charge on any atom is -0.307 e. The van der Waals surface area contributed by atoms with Gasteiger partial charge in [-0.3, -0.25) is 20.2 Å². The number of hydrogen-bond donors (Lipinski definition) is 2. The summed E-state index contributed by atoms with van der Waals surface area (Å²) in [5, 5.41) is 17.3. The number of allylic oxidation sites excluding steroid dienone is 4. The summed E-state index contributed by atoms with van der Waals surface area (Å²) >= 11 is 7.56. The highest BCUT2D eigenvalue weighted by Gasteiger charge is 2.09. The molecular weight excluding hydrogens is 440 g/mol. The van der Waals surface area contributed by atoms with Crippen molar-refractivity contribution in [3.63, 3.8) is 0 Å². The minimum atomic E-state index is -0.446. The summed E-state index contributed by atoms with van der Waals surface area (Å²) in [7, 11) is 0. The molecule has 0 aliphatic heterocycles. The van der Waals surface area contributed by atoms with Crippen LogP contribution in [0.3, 0.4) is 0 Å². The second kappa shape index (κ2) is 16.1. The fraction of sp³-hybridized carbons (Fsp3) is 0.320. The Hall–Kier alpha value is -2.57. The number of benzene rings is 1. The molecule has 1 aromatic heterocycles. The normalized spacial score (nSPS) is 11.1. The van der Waals surface area contributed by atoms with Crippen LogP contribution in [0.25, 0.3) is 0 Å². The van der Waals surface area contributed by atoms with Crippen LogP contribution in [0.1, 0.15) is 45.2 Å². The van der Waals surface area contributed by atoms with Gasteiger partial charge in [0, 0.05) is 36.1 Å². The zero-order valence-electron chi connectivity index (χ0n) is 19.7. The highest BCUT2D eigenvalue weighted by molar-refractivity contribution is 8.13. The SMILES string of the molecule is C/C=C\C/C(Cl)=C(/C)Cn1ccn(C(=N)SCc2ccccc2C)c(=N)c1=O.C=C.CC. The number of nitrogens with zero attached hydrogens (tertiary/aromatic N) is 2. The lowest BCUT2D eigenvalue weighted by Gasteiger charge is -2.12. The predicted octanol–water partition coefficient (Wildman–Crippen LogP) is 6.46. The van der Waals surface area contributed by atoms with Gasteiger partial charge in [-0.05, 0) is 37.5 Å². The van der Waals surface area contributed by atoms with E-state index < -0.39 is 5.56 Å². The Bertz CT molecular complexity index is 1050. The number of nitrogens with one attached hydrogen (secondary N) is 2. The van der Waals surface area contributed by atoms with Gasteiger partial charge < -0.3 is 4.57 Å². The predicted molar refractivity (Wildman–Crippen MR) is 141 cm³/mol. The first-order valence-corrected chi connectivity index (χ1v) is 11.8. The van der Waals surface area contributed by atoms with Gasteiger partial charge in [-0.25, -0.2) is 0 Å². The van der Waals surface area contributed by atoms with Gasteiger partial charge in [0.2, 0.25) is 0 Å². The van der Waals surface area contributed by atoms with Gasteiger partial charge >= 0.3 is 0 Å². The smallest absolute Gasteiger partial charge is 0.293 e. The molecule has 0 bridgehead atoms. The van der Waals surface area contributed by atoms with E-state index in [2.05, 4.69) is 13.2 Å². The Morgan fingerprint density at radius 3 is 2.44 bits per heavy atom. The Kier molecular flexibility index (Phi) is 14.8. The van der Waals surface area contributed by atoms with Crippen molar-refractivity contribution in [1.29, 1.82) is 10.8 Å². The van der Waals surface area contributed by atoms with Crippen molar-refractivity contribution in [3.8, 4) is 0 Å². The molecule has 32 heavy (non-hydrogen) atoms. The molecule has 0 atom stereocenters. The zero-order valence-corrected chi connectivity index (χ0v) is 21.3. The quantitative estimate of drug-likeness (QED) is 0.286. The molecule has 0 unspecified atom stereocenters. The zero-order chi connectivity index (χ0) is 24.7. The Morgan fingerprint density at radius 1 is 1.22 bits per heavy atom. The van der Waals surface area contributed by atoms with E-state index in [-0.39, 0.29) is 10.7 Å². The molecule has 0 fully saturated rings. The number of aryl methyl sites for hydroxylation is 1. The number of halogens is 1. The molecule has 2 N–H and O–H groups in total. The first-order valence-electron chi connectivity index (χ1n) is 10.4. The lowest BCUT2D eigenvalue weighted by atomic mass is 10.1. The van der Waals surface area contributed by atoms with Gasteiger partial charge in [-0.2, -0.15) is 0 Å². The van der Waals surface area contributed by atoms with Crippen LogP contribution in [0.15, 0.2) is 77.4 Å². The highest BCUT2D eigenvalue weighted by atomic mass is 35.5. The summed E-state index contributed by atoms with van der Waals surface area (Å²) in [6, 6.07) is 7.99. The monoisotopic (exact) mass is 474 g/mol. The Balaban J connectivity index is 0.00000227. The van der Waals surface area contributed by atoms with E-state index in [1.165, 1.54) is 20.9 Å². The van der Waals surface area contributed by atoms with Gasteiger partial charge in [-0.1, -0.05) is 73.6 Å². The van der Waals surface area contributed by atoms with Crippen LogP contribution in [0, 0.1) is 17.7 Å². The summed E-state index contributed by atoms with van der Waals surface area (Å²) in [6.07, 6.45) is 7.70. The van der Waals surface area contributed by atoms with Gasteiger partial charge in [0.05, 0.1) is 0 Å². The van der Waals surface area contributed by atoms with E-state index >= 15 is 0 Å². The number of thioether (sulfide) groups is 1. The molecule has 0 aliphatic carbocycles. The second-order valence-electron chi connectivity index (χ2n) is 6.43. The average Bonchev–Trinajstić information content (AvgIpc) is 2.82. The highest BCUT2D eigenvalue weighted by Crippen LogP contribution is 2.17. The van der Waals surface area contributed by atoms with Gasteiger partial charge in [0.25, 0.3) is 5.56 Å². The topological polar surface area (TPSA) is 74.6 Å². The molecule has 0 spiro atoms. The third kappa shape index (κ3) is 8.89. The third-order valence-electron chi connectivity index (χ3n) is 4.35. The fourth-order valence-corrected chi connectivity index (χ4v) is 3.60. The maximum absolute atomic E-state index is 12.6. The van der Waals surface area contributed by atoms with Crippen LogP contribution in [0.2, 0.25) is 0 Å². The van der Waals surface area contributed by atoms with Crippen LogP contribution < -0.4 is 11.0 Å². The van der Waals surface area contributed by atoms with Crippen LogP contribution in [-0.2, 0) is 12.3 Å². The molecule has 2 aromatic rings. The van der Waals surface area contributed by atoms with Crippen molar-refractivity contribution >= 4 is 28.5 Å². The number of rotatable bonds is 6. The molecule has 2 rings (SSSR count). The van der Waals surface area contributed by atoms with Crippen LogP contribution in [0.4, 0.5) is 0 Å². The summed E-state index contributed by atoms with van der Waals surface area (Å²) in [4.78, 5) is 12.6. The molecule has 1 aromatic carbocycles. The lowest BCUT2D eigenvalue weighted by molar-refractivity contribution is 0.700. The van der Waals surface area contributed by atoms with Crippen molar-refractivity contribution in [2.75, 3.05) is 0 Å². The first kappa shape index (κ1) is 29.4. The summed E-state index contributed by atoms with van der Waals surface area (Å²) < 4.78 is 2.76. The van der Waals surface area contributed by atoms with Crippen molar-refractivity contribution in [2.24, 2.45) is 0 Å². The number of hydrogen-bond acceptors (Lipinski definition) is 4. The lowest BCUT2D eigenvalue weighted by Crippen LogP contribution is -2.42. The van der Waals surface area contributed by atoms with Crippen molar-refractivity contribution in [1.82, 2.24) is 9.13 Å². The molecule has 174 valence electrons. The molecule has 0 saturated carbocycles. The van der Waals surface area contributed by atoms with E-state index in [1.807, 2.05) is 71.0 Å². The fourth-order valence-electron chi connectivity index (χ4n) is 2.55. The van der Waals surface area contributed by atoms with Crippen LogP contribution in [0.5, 0.6) is 0 Å². The summed E-state index contributed by atoms with van der Waals surface area (Å²) in [5.74, 6) is 0.615. The maximum atomic E-state index is 12.6. The molecule has 1 heterocycles. The summed E-state index contributed by atoms with van der Waals surface area (Å²) in [6.45, 7) is 16.2. The van der Waals surface area contributed by atoms with E-state index in [1.54, 1.807) is 12.4 Å². The second-order valence-corrected chi connectivity index (χ2v) is 7.85. The average molecular weight is 475 g/mol. The molecule has 0 radical (unpaired) electrons. The number of aromatic nitrogens is 2. The van der Waals surface area contributed by atoms with E-state index in [9.17, 15) is 4.79 Å². The minimum absolute atomic E-state index is 0.149. The molecule has 0 saturated heterocycles. The standard InChI is InChI=1S/C21H25ClN4OS.C2H6.C2H4/c1-4-5-10-18(22)16(3)13-25-11-12-26(19(23)20(25)27)21(24)28-14-17-9-7-6-8-15(17)2;2*1-2/h4-9,11-12,23-24H,10,13-14H2,1-3H3;1-2H3;1-2H2/b5-4-,18-16+,23-19?,24-21?;;. The van der Waals surface area contributed by atoms with Gasteiger partial charge in [0.15, 0.2) is 10.7 Å². The van der Waals surface area contributed by atoms with Gasteiger partial charge in [-0.15, -0.1) is 13.2 Å². The van der Waals surface area contributed by atoms with Crippen LogP contribution in [-0.4, -0.2) is 14.3 Å². The Morgan fingerprint density at radius 2 is 1.84 bits per heavy atom. The largest absolute Gasteiger partial charge is 0.307 e.